The number of benzene rings is 1. The van der Waals surface area contributed by atoms with Gasteiger partial charge in [-0.3, -0.25) is 0 Å². The predicted octanol–water partition coefficient (Wildman–Crippen LogP) is 2.65. The summed E-state index contributed by atoms with van der Waals surface area (Å²) in [5, 5.41) is 13.2. The van der Waals surface area contributed by atoms with Crippen LogP contribution in [0.25, 0.3) is 0 Å². The van der Waals surface area contributed by atoms with Crippen molar-refractivity contribution in [1.82, 2.24) is 5.32 Å². The molecule has 1 fully saturated rings. The van der Waals surface area contributed by atoms with E-state index in [-0.39, 0.29) is 18.2 Å². The number of aryl methyl sites for hydroxylation is 1. The molecule has 3 nitrogen and oxygen atoms in total. The van der Waals surface area contributed by atoms with Crippen molar-refractivity contribution in [2.75, 3.05) is 19.8 Å². The molecule has 1 aromatic rings. The third-order valence-corrected chi connectivity index (χ3v) is 4.01. The first-order valence-electron chi connectivity index (χ1n) is 7.36. The molecule has 1 atom stereocenters. The quantitative estimate of drug-likeness (QED) is 0.769. The molecule has 0 amide bonds. The number of halogens is 1. The largest absolute Gasteiger partial charge is 0.488 e. The van der Waals surface area contributed by atoms with E-state index >= 15 is 0 Å². The molecule has 0 bridgehead atoms. The number of nitrogens with one attached hydrogen (secondary N) is 1. The summed E-state index contributed by atoms with van der Waals surface area (Å²) in [6.45, 7) is 4.96. The van der Waals surface area contributed by atoms with Gasteiger partial charge in [-0.2, -0.15) is 0 Å². The highest BCUT2D eigenvalue weighted by molar-refractivity contribution is 5.30. The van der Waals surface area contributed by atoms with Crippen molar-refractivity contribution in [2.45, 2.75) is 38.6 Å². The summed E-state index contributed by atoms with van der Waals surface area (Å²) in [5.74, 6) is 0.374. The molecule has 2 rings (SSSR count). The fraction of sp³-hybridized carbons (Fsp3) is 0.625. The molecule has 20 heavy (non-hydrogen) atoms. The van der Waals surface area contributed by atoms with Crippen LogP contribution in [0, 0.1) is 18.7 Å². The first kappa shape index (κ1) is 15.3. The van der Waals surface area contributed by atoms with Gasteiger partial charge in [-0.15, -0.1) is 0 Å². The van der Waals surface area contributed by atoms with Gasteiger partial charge >= 0.3 is 0 Å². The normalized spacial score (nSPS) is 17.8. The van der Waals surface area contributed by atoms with Crippen LogP contribution < -0.4 is 10.1 Å². The molecule has 0 radical (unpaired) electrons. The fourth-order valence-corrected chi connectivity index (χ4v) is 2.49. The molecule has 0 saturated heterocycles. The lowest BCUT2D eigenvalue weighted by Crippen LogP contribution is -2.55. The van der Waals surface area contributed by atoms with Crippen molar-refractivity contribution in [3.8, 4) is 5.75 Å². The van der Waals surface area contributed by atoms with Crippen molar-refractivity contribution >= 4 is 0 Å². The van der Waals surface area contributed by atoms with Crippen LogP contribution >= 0.6 is 0 Å². The number of hydrogen-bond donors (Lipinski definition) is 2. The molecule has 112 valence electrons. The van der Waals surface area contributed by atoms with E-state index in [1.807, 2.05) is 0 Å². The summed E-state index contributed by atoms with van der Waals surface area (Å²) in [7, 11) is 0. The Morgan fingerprint density at radius 2 is 2.20 bits per heavy atom. The summed E-state index contributed by atoms with van der Waals surface area (Å²) in [6.07, 6.45) is 3.18. The average molecular weight is 281 g/mol. The van der Waals surface area contributed by atoms with Gasteiger partial charge in [-0.1, -0.05) is 19.1 Å². The molecule has 2 N–H and O–H groups in total. The van der Waals surface area contributed by atoms with E-state index in [9.17, 15) is 9.50 Å². The van der Waals surface area contributed by atoms with Crippen LogP contribution in [0.5, 0.6) is 5.75 Å². The topological polar surface area (TPSA) is 41.5 Å². The minimum atomic E-state index is -0.438. The number of rotatable bonds is 8. The van der Waals surface area contributed by atoms with Crippen LogP contribution in [0.2, 0.25) is 0 Å². The van der Waals surface area contributed by atoms with Crippen LogP contribution in [0.15, 0.2) is 18.2 Å². The molecule has 1 aliphatic carbocycles. The minimum absolute atomic E-state index is 0.0189. The van der Waals surface area contributed by atoms with Gasteiger partial charge in [-0.25, -0.2) is 4.39 Å². The first-order valence-corrected chi connectivity index (χ1v) is 7.36. The smallest absolute Gasteiger partial charge is 0.167 e. The molecule has 1 unspecified atom stereocenters. The fourth-order valence-electron chi connectivity index (χ4n) is 2.49. The van der Waals surface area contributed by atoms with Crippen LogP contribution in [0.3, 0.4) is 0 Å². The number of hydrogen-bond acceptors (Lipinski definition) is 3. The molecule has 0 aliphatic heterocycles. The Morgan fingerprint density at radius 1 is 1.45 bits per heavy atom. The maximum Gasteiger partial charge on any atom is 0.167 e. The zero-order valence-corrected chi connectivity index (χ0v) is 12.3. The van der Waals surface area contributed by atoms with Crippen molar-refractivity contribution < 1.29 is 14.2 Å². The van der Waals surface area contributed by atoms with Crippen molar-refractivity contribution in [1.29, 1.82) is 0 Å². The van der Waals surface area contributed by atoms with Crippen LogP contribution in [-0.2, 0) is 0 Å². The molecule has 0 heterocycles. The van der Waals surface area contributed by atoms with E-state index in [1.54, 1.807) is 25.1 Å². The lowest BCUT2D eigenvalue weighted by molar-refractivity contribution is 0.0832. The molecule has 1 saturated carbocycles. The van der Waals surface area contributed by atoms with Crippen LogP contribution in [-0.4, -0.2) is 30.4 Å². The van der Waals surface area contributed by atoms with Crippen LogP contribution in [0.4, 0.5) is 4.39 Å². The molecular formula is C16H24FNO2. The summed E-state index contributed by atoms with van der Waals surface area (Å²) in [4.78, 5) is 0. The Morgan fingerprint density at radius 3 is 2.80 bits per heavy atom. The van der Waals surface area contributed by atoms with Crippen molar-refractivity contribution in [3.05, 3.63) is 29.6 Å². The maximum absolute atomic E-state index is 13.9. The van der Waals surface area contributed by atoms with Gasteiger partial charge in [0.25, 0.3) is 0 Å². The Kier molecular flexibility index (Phi) is 5.00. The second-order valence-electron chi connectivity index (χ2n) is 5.69. The zero-order valence-electron chi connectivity index (χ0n) is 12.3. The number of aliphatic hydroxyl groups is 1. The van der Waals surface area contributed by atoms with E-state index in [2.05, 4.69) is 12.2 Å². The third-order valence-electron chi connectivity index (χ3n) is 4.01. The molecule has 1 aromatic carbocycles. The first-order chi connectivity index (χ1) is 9.63. The lowest BCUT2D eigenvalue weighted by atomic mass is 9.95. The van der Waals surface area contributed by atoms with E-state index in [4.69, 9.17) is 4.74 Å². The third kappa shape index (κ3) is 3.30. The van der Waals surface area contributed by atoms with Crippen LogP contribution in [0.1, 0.15) is 31.7 Å². The van der Waals surface area contributed by atoms with Gasteiger partial charge < -0.3 is 15.2 Å². The monoisotopic (exact) mass is 281 g/mol. The summed E-state index contributed by atoms with van der Waals surface area (Å²) in [5.41, 5.74) is 0.136. The van der Waals surface area contributed by atoms with Gasteiger partial charge in [0.15, 0.2) is 11.6 Å². The highest BCUT2D eigenvalue weighted by Crippen LogP contribution is 2.40. The summed E-state index contributed by atoms with van der Waals surface area (Å²) < 4.78 is 19.6. The van der Waals surface area contributed by atoms with E-state index in [0.29, 0.717) is 18.1 Å². The predicted molar refractivity (Wildman–Crippen MR) is 77.5 cm³/mol. The van der Waals surface area contributed by atoms with E-state index in [1.165, 1.54) is 0 Å². The van der Waals surface area contributed by atoms with E-state index in [0.717, 1.165) is 25.8 Å². The Labute approximate surface area is 120 Å². The van der Waals surface area contributed by atoms with Gasteiger partial charge in [-0.05, 0) is 50.3 Å². The van der Waals surface area contributed by atoms with Crippen molar-refractivity contribution in [3.63, 3.8) is 0 Å². The molecule has 4 heteroatoms. The highest BCUT2D eigenvalue weighted by Gasteiger charge is 2.45. The van der Waals surface area contributed by atoms with E-state index < -0.39 is 5.54 Å². The highest BCUT2D eigenvalue weighted by atomic mass is 19.1. The molecule has 0 spiro atoms. The summed E-state index contributed by atoms with van der Waals surface area (Å²) >= 11 is 0. The Hall–Kier alpha value is -1.13. The second-order valence-corrected chi connectivity index (χ2v) is 5.69. The van der Waals surface area contributed by atoms with Gasteiger partial charge in [0.05, 0.1) is 12.1 Å². The average Bonchev–Trinajstić information content (AvgIpc) is 3.29. The number of aliphatic hydroxyl groups excluding tert-OH is 1. The zero-order chi connectivity index (χ0) is 14.6. The second kappa shape index (κ2) is 6.55. The van der Waals surface area contributed by atoms with Crippen molar-refractivity contribution in [2.24, 2.45) is 5.92 Å². The Bertz CT molecular complexity index is 448. The molecular weight excluding hydrogens is 257 g/mol. The molecule has 1 aliphatic rings. The standard InChI is InChI=1S/C16H24FNO2/c1-3-9-18-16(10-19,13-7-8-13)11-20-14-6-4-5-12(2)15(14)17/h4-6,13,18-19H,3,7-11H2,1-2H3. The SMILES string of the molecule is CCCNC(CO)(COc1cccc(C)c1F)C1CC1. The van der Waals surface area contributed by atoms with Gasteiger partial charge in [0.2, 0.25) is 0 Å². The molecule has 0 aromatic heterocycles. The number of ether oxygens (including phenoxy) is 1. The maximum atomic E-state index is 13.9. The lowest BCUT2D eigenvalue weighted by Gasteiger charge is -2.33. The Balaban J connectivity index is 2.06. The summed E-state index contributed by atoms with van der Waals surface area (Å²) in [6, 6.07) is 5.14. The minimum Gasteiger partial charge on any atom is -0.488 e. The van der Waals surface area contributed by atoms with Gasteiger partial charge in [0, 0.05) is 0 Å². The van der Waals surface area contributed by atoms with Gasteiger partial charge in [0.1, 0.15) is 6.61 Å².